The van der Waals surface area contributed by atoms with Crippen LogP contribution < -0.4 is 15.2 Å². The number of fused-ring (bicyclic) bond motifs is 1. The number of hydrogen-bond donors (Lipinski definition) is 3. The maximum atomic E-state index is 10.6. The van der Waals surface area contributed by atoms with Gasteiger partial charge < -0.3 is 20.3 Å². The Balaban J connectivity index is 1.52. The van der Waals surface area contributed by atoms with Crippen molar-refractivity contribution in [3.05, 3.63) is 106 Å². The molecule has 0 unspecified atom stereocenters. The number of nitriles is 1. The molecule has 0 radical (unpaired) electrons. The maximum Gasteiger partial charge on any atom is 0.244 e. The van der Waals surface area contributed by atoms with E-state index >= 15 is 0 Å². The molecule has 0 saturated carbocycles. The molecule has 1 atom stereocenters. The minimum Gasteiger partial charge on any atom is -0.508 e. The monoisotopic (exact) mass is 470 g/mol. The third kappa shape index (κ3) is 3.91. The van der Waals surface area contributed by atoms with Gasteiger partial charge in [0.2, 0.25) is 11.8 Å². The second kappa shape index (κ2) is 8.85. The molecule has 1 aliphatic heterocycles. The van der Waals surface area contributed by atoms with Crippen molar-refractivity contribution >= 4 is 11.6 Å². The summed E-state index contributed by atoms with van der Waals surface area (Å²) in [7, 11) is 0. The average molecular weight is 471 g/mol. The first-order valence-corrected chi connectivity index (χ1v) is 10.8. The van der Waals surface area contributed by atoms with E-state index in [4.69, 9.17) is 26.8 Å². The van der Waals surface area contributed by atoms with Gasteiger partial charge >= 0.3 is 0 Å². The number of benzene rings is 3. The second-order valence-electron chi connectivity index (χ2n) is 7.74. The zero-order valence-electron chi connectivity index (χ0n) is 17.8. The van der Waals surface area contributed by atoms with E-state index in [1.54, 1.807) is 12.1 Å². The van der Waals surface area contributed by atoms with Crippen molar-refractivity contribution in [3.8, 4) is 34.7 Å². The fourth-order valence-corrected chi connectivity index (χ4v) is 4.17. The van der Waals surface area contributed by atoms with Crippen molar-refractivity contribution in [2.45, 2.75) is 12.5 Å². The molecule has 4 N–H and O–H groups in total. The Morgan fingerprint density at radius 2 is 1.88 bits per heavy atom. The summed E-state index contributed by atoms with van der Waals surface area (Å²) in [5.74, 6) is 0.153. The van der Waals surface area contributed by atoms with Crippen LogP contribution in [0.5, 0.6) is 17.4 Å². The van der Waals surface area contributed by atoms with Crippen LogP contribution >= 0.6 is 11.6 Å². The molecule has 0 amide bonds. The van der Waals surface area contributed by atoms with Gasteiger partial charge in [-0.15, -0.1) is 5.10 Å². The van der Waals surface area contributed by atoms with Crippen LogP contribution in [0.2, 0.25) is 5.02 Å². The Morgan fingerprint density at radius 1 is 1.12 bits per heavy atom. The molecule has 168 valence electrons. The molecule has 0 fully saturated rings. The van der Waals surface area contributed by atoms with Gasteiger partial charge in [0.15, 0.2) is 0 Å². The van der Waals surface area contributed by atoms with Gasteiger partial charge in [0.1, 0.15) is 29.7 Å². The summed E-state index contributed by atoms with van der Waals surface area (Å²) < 4.78 is 11.5. The van der Waals surface area contributed by atoms with E-state index in [9.17, 15) is 10.4 Å². The van der Waals surface area contributed by atoms with Crippen LogP contribution in [0.3, 0.4) is 0 Å². The highest BCUT2D eigenvalue weighted by atomic mass is 35.5. The predicted molar refractivity (Wildman–Crippen MR) is 127 cm³/mol. The molecule has 34 heavy (non-hydrogen) atoms. The van der Waals surface area contributed by atoms with Crippen molar-refractivity contribution in [2.24, 2.45) is 5.73 Å². The van der Waals surface area contributed by atoms with Gasteiger partial charge in [-0.25, -0.2) is 0 Å². The van der Waals surface area contributed by atoms with Gasteiger partial charge in [0.05, 0.1) is 17.2 Å². The zero-order chi connectivity index (χ0) is 23.7. The molecule has 2 heterocycles. The van der Waals surface area contributed by atoms with Crippen LogP contribution in [0.25, 0.3) is 11.3 Å². The lowest BCUT2D eigenvalue weighted by Gasteiger charge is -2.24. The number of aromatic amines is 1. The van der Waals surface area contributed by atoms with Crippen molar-refractivity contribution in [1.82, 2.24) is 10.2 Å². The van der Waals surface area contributed by atoms with Crippen LogP contribution in [0.1, 0.15) is 22.6 Å². The van der Waals surface area contributed by atoms with Gasteiger partial charge in [-0.3, -0.25) is 5.10 Å². The highest BCUT2D eigenvalue weighted by Crippen LogP contribution is 2.48. The summed E-state index contributed by atoms with van der Waals surface area (Å²) in [6.07, 6.45) is 0. The van der Waals surface area contributed by atoms with Crippen LogP contribution in [0.4, 0.5) is 0 Å². The molecule has 4 aromatic rings. The minimum absolute atomic E-state index is 0.0143. The molecule has 0 bridgehead atoms. The van der Waals surface area contributed by atoms with Gasteiger partial charge in [-0.1, -0.05) is 41.9 Å². The highest BCUT2D eigenvalue weighted by Gasteiger charge is 2.37. The summed E-state index contributed by atoms with van der Waals surface area (Å²) in [5, 5.41) is 28.1. The predicted octanol–water partition coefficient (Wildman–Crippen LogP) is 5.23. The van der Waals surface area contributed by atoms with Crippen LogP contribution in [-0.2, 0) is 6.61 Å². The number of allylic oxidation sites excluding steroid dienone is 1. The number of H-pyrrole nitrogens is 1. The summed E-state index contributed by atoms with van der Waals surface area (Å²) >= 11 is 6.20. The lowest BCUT2D eigenvalue weighted by atomic mass is 9.82. The molecule has 3 aromatic carbocycles. The Bertz CT molecular complexity index is 1420. The van der Waals surface area contributed by atoms with E-state index in [1.807, 2.05) is 54.6 Å². The number of nitrogens with one attached hydrogen (secondary N) is 1. The molecular formula is C26H19ClN4O3. The summed E-state index contributed by atoms with van der Waals surface area (Å²) in [5.41, 5.74) is 9.71. The number of aromatic hydroxyl groups is 1. The number of phenols is 1. The third-order valence-corrected chi connectivity index (χ3v) is 5.87. The Hall–Kier alpha value is -4.41. The number of halogens is 1. The quantitative estimate of drug-likeness (QED) is 0.367. The summed E-state index contributed by atoms with van der Waals surface area (Å²) in [6.45, 7) is 0.458. The fraction of sp³-hybridized carbons (Fsp3) is 0.0769. The molecule has 0 spiro atoms. The van der Waals surface area contributed by atoms with Gasteiger partial charge in [-0.05, 0) is 48.0 Å². The van der Waals surface area contributed by atoms with Crippen LogP contribution in [0, 0.1) is 11.3 Å². The fourth-order valence-electron chi connectivity index (χ4n) is 3.99. The number of aromatic nitrogens is 2. The number of nitrogens with zero attached hydrogens (tertiary/aromatic N) is 2. The SMILES string of the molecule is N#CC1=C(N)Oc2n[nH]c(-c3ccc(OCc4ccccc4)cc3)c2[C@@H]1c1cc(Cl)ccc1O. The molecule has 7 nitrogen and oxygen atoms in total. The summed E-state index contributed by atoms with van der Waals surface area (Å²) in [6, 6.07) is 24.2. The van der Waals surface area contributed by atoms with E-state index in [2.05, 4.69) is 16.3 Å². The first-order valence-electron chi connectivity index (χ1n) is 10.5. The van der Waals surface area contributed by atoms with E-state index in [0.29, 0.717) is 34.2 Å². The standard InChI is InChI=1S/C26H19ClN4O3/c27-17-8-11-21(32)19(12-17)22-20(13-28)25(29)34-26-23(22)24(30-31-26)16-6-9-18(10-7-16)33-14-15-4-2-1-3-5-15/h1-12,22,32H,14,29H2,(H,30,31)/t22-/m1/s1. The normalized spacial score (nSPS) is 14.8. The molecule has 0 aliphatic carbocycles. The maximum absolute atomic E-state index is 10.6. The molecule has 1 aromatic heterocycles. The van der Waals surface area contributed by atoms with Crippen molar-refractivity contribution in [3.63, 3.8) is 0 Å². The summed E-state index contributed by atoms with van der Waals surface area (Å²) in [4.78, 5) is 0. The number of phenolic OH excluding ortho intramolecular Hbond substituents is 1. The lowest BCUT2D eigenvalue weighted by molar-refractivity contribution is 0.306. The Kier molecular flexibility index (Phi) is 5.58. The average Bonchev–Trinajstić information content (AvgIpc) is 3.27. The van der Waals surface area contributed by atoms with Gasteiger partial charge in [0, 0.05) is 16.1 Å². The van der Waals surface area contributed by atoms with Crippen molar-refractivity contribution in [2.75, 3.05) is 0 Å². The number of nitrogens with two attached hydrogens (primary N) is 1. The van der Waals surface area contributed by atoms with E-state index in [1.165, 1.54) is 6.07 Å². The molecule has 0 saturated heterocycles. The second-order valence-corrected chi connectivity index (χ2v) is 8.18. The van der Waals surface area contributed by atoms with E-state index in [-0.39, 0.29) is 23.1 Å². The van der Waals surface area contributed by atoms with E-state index in [0.717, 1.165) is 11.1 Å². The molecule has 8 heteroatoms. The Labute approximate surface area is 200 Å². The first-order chi connectivity index (χ1) is 16.5. The van der Waals surface area contributed by atoms with Gasteiger partial charge in [0.25, 0.3) is 0 Å². The van der Waals surface area contributed by atoms with Gasteiger partial charge in [-0.2, -0.15) is 5.26 Å². The zero-order valence-corrected chi connectivity index (χ0v) is 18.6. The highest BCUT2D eigenvalue weighted by molar-refractivity contribution is 6.30. The van der Waals surface area contributed by atoms with E-state index < -0.39 is 5.92 Å². The van der Waals surface area contributed by atoms with Crippen molar-refractivity contribution < 1.29 is 14.6 Å². The van der Waals surface area contributed by atoms with Crippen molar-refractivity contribution in [1.29, 1.82) is 5.26 Å². The smallest absolute Gasteiger partial charge is 0.244 e. The Morgan fingerprint density at radius 3 is 2.62 bits per heavy atom. The lowest BCUT2D eigenvalue weighted by Crippen LogP contribution is -2.21. The number of hydrogen-bond acceptors (Lipinski definition) is 6. The first kappa shape index (κ1) is 21.4. The largest absolute Gasteiger partial charge is 0.508 e. The minimum atomic E-state index is -0.713. The van der Waals surface area contributed by atoms with Crippen LogP contribution in [0.15, 0.2) is 84.3 Å². The third-order valence-electron chi connectivity index (χ3n) is 5.63. The molecule has 5 rings (SSSR count). The molecular weight excluding hydrogens is 452 g/mol. The number of rotatable bonds is 5. The molecule has 1 aliphatic rings. The van der Waals surface area contributed by atoms with Crippen LogP contribution in [-0.4, -0.2) is 15.3 Å². The topological polar surface area (TPSA) is 117 Å². The number of ether oxygens (including phenoxy) is 2.